The van der Waals surface area contributed by atoms with Gasteiger partial charge in [-0.1, -0.05) is 6.92 Å². The molecule has 0 aromatic rings. The minimum Gasteiger partial charge on any atom is -0.359 e. The summed E-state index contributed by atoms with van der Waals surface area (Å²) in [5.41, 5.74) is -0.616. The SMILES string of the molecule is CCC(=O)OC(=O)OOOC(C)(C)C. The van der Waals surface area contributed by atoms with Gasteiger partial charge in [-0.25, -0.2) is 9.68 Å². The van der Waals surface area contributed by atoms with E-state index < -0.39 is 17.7 Å². The average molecular weight is 206 g/mol. The summed E-state index contributed by atoms with van der Waals surface area (Å²) in [5.74, 6) is -0.700. The fraction of sp³-hybridized carbons (Fsp3) is 0.750. The van der Waals surface area contributed by atoms with Gasteiger partial charge in [0.2, 0.25) is 0 Å². The van der Waals surface area contributed by atoms with Crippen molar-refractivity contribution in [3.63, 3.8) is 0 Å². The molecule has 0 atom stereocenters. The molecule has 14 heavy (non-hydrogen) atoms. The number of hydrogen-bond acceptors (Lipinski definition) is 6. The highest BCUT2D eigenvalue weighted by molar-refractivity contribution is 5.81. The molecule has 0 fully saturated rings. The fourth-order valence-electron chi connectivity index (χ4n) is 0.329. The standard InChI is InChI=1S/C8H14O6/c1-5-6(9)11-7(10)12-14-13-8(2,3)4/h5H2,1-4H3. The van der Waals surface area contributed by atoms with Gasteiger partial charge < -0.3 is 4.74 Å². The average Bonchev–Trinajstić information content (AvgIpc) is 2.01. The van der Waals surface area contributed by atoms with E-state index in [9.17, 15) is 9.59 Å². The molecule has 0 N–H and O–H groups in total. The number of carbonyl (C=O) groups excluding carboxylic acids is 2. The van der Waals surface area contributed by atoms with E-state index in [1.54, 1.807) is 27.7 Å². The number of carbonyl (C=O) groups is 2. The molecule has 6 heteroatoms. The third-order valence-electron chi connectivity index (χ3n) is 0.872. The maximum atomic E-state index is 10.6. The second-order valence-electron chi connectivity index (χ2n) is 3.42. The van der Waals surface area contributed by atoms with Gasteiger partial charge >= 0.3 is 12.1 Å². The molecule has 0 aliphatic rings. The van der Waals surface area contributed by atoms with Gasteiger partial charge in [0.25, 0.3) is 0 Å². The Hall–Kier alpha value is -1.14. The van der Waals surface area contributed by atoms with Crippen LogP contribution in [0.25, 0.3) is 0 Å². The zero-order valence-electron chi connectivity index (χ0n) is 8.66. The zero-order chi connectivity index (χ0) is 11.2. The minimum absolute atomic E-state index is 0.0786. The first-order valence-electron chi connectivity index (χ1n) is 4.12. The van der Waals surface area contributed by atoms with Crippen molar-refractivity contribution in [2.45, 2.75) is 39.7 Å². The molecule has 0 aromatic heterocycles. The van der Waals surface area contributed by atoms with Gasteiger partial charge in [0, 0.05) is 6.42 Å². The lowest BCUT2D eigenvalue weighted by molar-refractivity contribution is -0.513. The van der Waals surface area contributed by atoms with Gasteiger partial charge in [0.15, 0.2) is 0 Å². The highest BCUT2D eigenvalue weighted by atomic mass is 17.5. The van der Waals surface area contributed by atoms with Gasteiger partial charge in [-0.3, -0.25) is 4.79 Å². The van der Waals surface area contributed by atoms with Crippen molar-refractivity contribution in [1.29, 1.82) is 0 Å². The molecule has 0 saturated heterocycles. The van der Waals surface area contributed by atoms with Crippen LogP contribution in [0.3, 0.4) is 0 Å². The minimum atomic E-state index is -1.25. The number of esters is 1. The van der Waals surface area contributed by atoms with Crippen LogP contribution in [-0.2, 0) is 24.3 Å². The van der Waals surface area contributed by atoms with E-state index in [0.717, 1.165) is 0 Å². The summed E-state index contributed by atoms with van der Waals surface area (Å²) in [6, 6.07) is 0. The summed E-state index contributed by atoms with van der Waals surface area (Å²) >= 11 is 0. The van der Waals surface area contributed by atoms with Crippen LogP contribution in [0.1, 0.15) is 34.1 Å². The molecule has 0 bridgehead atoms. The van der Waals surface area contributed by atoms with Crippen LogP contribution < -0.4 is 0 Å². The first-order valence-corrected chi connectivity index (χ1v) is 4.12. The fourth-order valence-corrected chi connectivity index (χ4v) is 0.329. The molecule has 0 saturated carbocycles. The van der Waals surface area contributed by atoms with Crippen molar-refractivity contribution in [3.05, 3.63) is 0 Å². The maximum Gasteiger partial charge on any atom is 0.550 e. The van der Waals surface area contributed by atoms with Crippen LogP contribution in [0.15, 0.2) is 0 Å². The molecule has 0 spiro atoms. The van der Waals surface area contributed by atoms with Crippen LogP contribution in [0.2, 0.25) is 0 Å². The third kappa shape index (κ3) is 7.51. The van der Waals surface area contributed by atoms with Gasteiger partial charge in [-0.15, -0.1) is 0 Å². The molecule has 82 valence electrons. The molecule has 0 heterocycles. The summed E-state index contributed by atoms with van der Waals surface area (Å²) in [6.07, 6.45) is -1.17. The van der Waals surface area contributed by atoms with Crippen LogP contribution in [-0.4, -0.2) is 17.7 Å². The van der Waals surface area contributed by atoms with E-state index in [1.807, 2.05) is 0 Å². The highest BCUT2D eigenvalue weighted by Gasteiger charge is 2.16. The molecule has 0 amide bonds. The predicted molar refractivity (Wildman–Crippen MR) is 44.8 cm³/mol. The van der Waals surface area contributed by atoms with E-state index >= 15 is 0 Å². The Kier molecular flexibility index (Phi) is 5.11. The Morgan fingerprint density at radius 2 is 1.79 bits per heavy atom. The Morgan fingerprint density at radius 3 is 2.21 bits per heavy atom. The summed E-state index contributed by atoms with van der Waals surface area (Å²) in [6.45, 7) is 6.62. The van der Waals surface area contributed by atoms with Crippen molar-refractivity contribution in [2.75, 3.05) is 0 Å². The van der Waals surface area contributed by atoms with Gasteiger partial charge in [-0.05, 0) is 25.8 Å². The Morgan fingerprint density at radius 1 is 1.21 bits per heavy atom. The number of ether oxygens (including phenoxy) is 1. The summed E-state index contributed by atoms with van der Waals surface area (Å²) in [5, 5.41) is 4.08. The van der Waals surface area contributed by atoms with Gasteiger partial charge in [-0.2, -0.15) is 4.89 Å². The topological polar surface area (TPSA) is 71.1 Å². The second kappa shape index (κ2) is 5.56. The van der Waals surface area contributed by atoms with Crippen LogP contribution >= 0.6 is 0 Å². The number of rotatable bonds is 3. The van der Waals surface area contributed by atoms with E-state index in [4.69, 9.17) is 0 Å². The second-order valence-corrected chi connectivity index (χ2v) is 3.42. The molecule has 0 radical (unpaired) electrons. The van der Waals surface area contributed by atoms with E-state index in [-0.39, 0.29) is 6.42 Å². The molecule has 6 nitrogen and oxygen atoms in total. The van der Waals surface area contributed by atoms with E-state index in [1.165, 1.54) is 0 Å². The lowest BCUT2D eigenvalue weighted by Gasteiger charge is -2.14. The molecule has 0 rings (SSSR count). The first kappa shape index (κ1) is 12.9. The smallest absolute Gasteiger partial charge is 0.359 e. The van der Waals surface area contributed by atoms with Crippen LogP contribution in [0.5, 0.6) is 0 Å². The molecule has 0 aliphatic carbocycles. The quantitative estimate of drug-likeness (QED) is 0.303. The Bertz CT molecular complexity index is 204. The van der Waals surface area contributed by atoms with Crippen LogP contribution in [0.4, 0.5) is 4.79 Å². The van der Waals surface area contributed by atoms with Crippen molar-refractivity contribution in [3.8, 4) is 0 Å². The van der Waals surface area contributed by atoms with Gasteiger partial charge in [0.05, 0.1) is 5.60 Å². The maximum absolute atomic E-state index is 10.6. The zero-order valence-corrected chi connectivity index (χ0v) is 8.66. The molecule has 0 aromatic carbocycles. The van der Waals surface area contributed by atoms with Crippen LogP contribution in [0, 0.1) is 0 Å². The van der Waals surface area contributed by atoms with Crippen molar-refractivity contribution in [2.24, 2.45) is 0 Å². The predicted octanol–water partition coefficient (Wildman–Crippen LogP) is 1.74. The lowest BCUT2D eigenvalue weighted by Crippen LogP contribution is -2.21. The number of hydrogen-bond donors (Lipinski definition) is 0. The van der Waals surface area contributed by atoms with E-state index in [0.29, 0.717) is 0 Å². The Labute approximate surface area is 81.9 Å². The lowest BCUT2D eigenvalue weighted by atomic mass is 10.2. The molecular formula is C8H14O6. The first-order chi connectivity index (χ1) is 6.35. The van der Waals surface area contributed by atoms with Crippen molar-refractivity contribution in [1.82, 2.24) is 0 Å². The summed E-state index contributed by atoms with van der Waals surface area (Å²) in [7, 11) is 0. The summed E-state index contributed by atoms with van der Waals surface area (Å²) in [4.78, 5) is 29.8. The summed E-state index contributed by atoms with van der Waals surface area (Å²) < 4.78 is 4.11. The highest BCUT2D eigenvalue weighted by Crippen LogP contribution is 2.07. The Balaban J connectivity index is 3.60. The third-order valence-corrected chi connectivity index (χ3v) is 0.872. The normalized spacial score (nSPS) is 10.9. The van der Waals surface area contributed by atoms with Crippen molar-refractivity contribution < 1.29 is 29.1 Å². The molecular weight excluding hydrogens is 192 g/mol. The van der Waals surface area contributed by atoms with E-state index in [2.05, 4.69) is 19.6 Å². The monoisotopic (exact) mass is 206 g/mol. The largest absolute Gasteiger partial charge is 0.550 e. The molecule has 0 unspecified atom stereocenters. The van der Waals surface area contributed by atoms with Crippen molar-refractivity contribution >= 4 is 12.1 Å². The van der Waals surface area contributed by atoms with Gasteiger partial charge in [0.1, 0.15) is 0 Å². The molecule has 0 aliphatic heterocycles.